The number of ether oxygens (including phenoxy) is 1. The Labute approximate surface area is 134 Å². The highest BCUT2D eigenvalue weighted by Gasteiger charge is 2.21. The lowest BCUT2D eigenvalue weighted by molar-refractivity contribution is -0.118. The van der Waals surface area contributed by atoms with Gasteiger partial charge in [-0.3, -0.25) is 4.79 Å². The summed E-state index contributed by atoms with van der Waals surface area (Å²) in [6, 6.07) is 16.5. The Morgan fingerprint density at radius 1 is 1.09 bits per heavy atom. The second-order valence-electron chi connectivity index (χ2n) is 5.02. The molecule has 3 rings (SSSR count). The van der Waals surface area contributed by atoms with Gasteiger partial charge >= 0.3 is 0 Å². The number of nitrogens with zero attached hydrogens (tertiary/aromatic N) is 2. The number of anilines is 1. The van der Waals surface area contributed by atoms with Gasteiger partial charge < -0.3 is 14.6 Å². The number of methoxy groups -OCH3 is 1. The first-order chi connectivity index (χ1) is 11.3. The Bertz CT molecular complexity index is 753. The van der Waals surface area contributed by atoms with Crippen LogP contribution in [0, 0.1) is 0 Å². The molecule has 5 heteroatoms. The monoisotopic (exact) mass is 307 g/mol. The molecule has 2 aromatic heterocycles. The molecule has 1 N–H and O–H groups in total. The lowest BCUT2D eigenvalue weighted by Gasteiger charge is -2.19. The molecule has 0 fully saturated rings. The van der Waals surface area contributed by atoms with Crippen LogP contribution in [0.3, 0.4) is 0 Å². The topological polar surface area (TPSA) is 56.1 Å². The summed E-state index contributed by atoms with van der Waals surface area (Å²) in [5.74, 6) is 0.382. The molecule has 0 spiro atoms. The lowest BCUT2D eigenvalue weighted by atomic mass is 10.1. The molecule has 0 aliphatic carbocycles. The minimum Gasteiger partial charge on any atom is -0.481 e. The van der Waals surface area contributed by atoms with Crippen LogP contribution in [-0.2, 0) is 4.79 Å². The average Bonchev–Trinajstić information content (AvgIpc) is 3.11. The number of carbonyl (C=O) groups is 1. The minimum atomic E-state index is -0.437. The molecule has 1 unspecified atom stereocenters. The maximum atomic E-state index is 12.8. The van der Waals surface area contributed by atoms with E-state index in [1.165, 1.54) is 0 Å². The normalized spacial score (nSPS) is 11.7. The number of hydrogen-bond donors (Lipinski definition) is 1. The zero-order valence-electron chi connectivity index (χ0n) is 12.7. The van der Waals surface area contributed by atoms with Crippen LogP contribution in [0.5, 0.6) is 5.88 Å². The standard InChI is InChI=1S/C18H17N3O2/c1-23-16-10-9-15(13-19-16)20-18(22)17(21-11-5-6-12-21)14-7-3-2-4-8-14/h2-13,17H,1H3,(H,20,22). The Morgan fingerprint density at radius 3 is 2.43 bits per heavy atom. The van der Waals surface area contributed by atoms with E-state index in [1.807, 2.05) is 59.4 Å². The predicted octanol–water partition coefficient (Wildman–Crippen LogP) is 3.12. The molecule has 1 aromatic carbocycles. The van der Waals surface area contributed by atoms with Crippen molar-refractivity contribution >= 4 is 11.6 Å². The maximum absolute atomic E-state index is 12.8. The van der Waals surface area contributed by atoms with Crippen molar-refractivity contribution in [2.45, 2.75) is 6.04 Å². The Balaban J connectivity index is 1.86. The van der Waals surface area contributed by atoms with Crippen molar-refractivity contribution in [1.82, 2.24) is 9.55 Å². The fraction of sp³-hybridized carbons (Fsp3) is 0.111. The van der Waals surface area contributed by atoms with Crippen LogP contribution in [-0.4, -0.2) is 22.6 Å². The first-order valence-electron chi connectivity index (χ1n) is 7.26. The predicted molar refractivity (Wildman–Crippen MR) is 88.4 cm³/mol. The molecule has 1 atom stereocenters. The second kappa shape index (κ2) is 6.79. The maximum Gasteiger partial charge on any atom is 0.252 e. The second-order valence-corrected chi connectivity index (χ2v) is 5.02. The van der Waals surface area contributed by atoms with E-state index in [2.05, 4.69) is 10.3 Å². The largest absolute Gasteiger partial charge is 0.481 e. The zero-order valence-corrected chi connectivity index (χ0v) is 12.7. The summed E-state index contributed by atoms with van der Waals surface area (Å²) in [4.78, 5) is 16.9. The number of pyridine rings is 1. The Morgan fingerprint density at radius 2 is 1.83 bits per heavy atom. The molecular weight excluding hydrogens is 290 g/mol. The number of carbonyl (C=O) groups excluding carboxylic acids is 1. The van der Waals surface area contributed by atoms with E-state index in [-0.39, 0.29) is 5.91 Å². The summed E-state index contributed by atoms with van der Waals surface area (Å²) < 4.78 is 6.90. The van der Waals surface area contributed by atoms with E-state index >= 15 is 0 Å². The first kappa shape index (κ1) is 14.8. The van der Waals surface area contributed by atoms with E-state index in [0.717, 1.165) is 5.56 Å². The number of aromatic nitrogens is 2. The fourth-order valence-corrected chi connectivity index (χ4v) is 2.40. The molecule has 1 amide bonds. The molecule has 0 saturated heterocycles. The van der Waals surface area contributed by atoms with Gasteiger partial charge in [0.25, 0.3) is 5.91 Å². The molecule has 0 aliphatic rings. The van der Waals surface area contributed by atoms with E-state index in [4.69, 9.17) is 4.74 Å². The van der Waals surface area contributed by atoms with Crippen molar-refractivity contribution in [1.29, 1.82) is 0 Å². The van der Waals surface area contributed by atoms with Crippen LogP contribution in [0.1, 0.15) is 11.6 Å². The van der Waals surface area contributed by atoms with Crippen LogP contribution in [0.4, 0.5) is 5.69 Å². The van der Waals surface area contributed by atoms with Crippen molar-refractivity contribution < 1.29 is 9.53 Å². The molecule has 0 saturated carbocycles. The summed E-state index contributed by atoms with van der Waals surface area (Å²) in [7, 11) is 1.55. The van der Waals surface area contributed by atoms with Gasteiger partial charge in [0, 0.05) is 18.5 Å². The summed E-state index contributed by atoms with van der Waals surface area (Å²) in [5, 5.41) is 2.90. The first-order valence-corrected chi connectivity index (χ1v) is 7.26. The zero-order chi connectivity index (χ0) is 16.1. The van der Waals surface area contributed by atoms with Gasteiger partial charge in [0.1, 0.15) is 6.04 Å². The Kier molecular flexibility index (Phi) is 4.38. The fourth-order valence-electron chi connectivity index (χ4n) is 2.40. The van der Waals surface area contributed by atoms with Crippen LogP contribution >= 0.6 is 0 Å². The highest BCUT2D eigenvalue weighted by Crippen LogP contribution is 2.21. The third-order valence-electron chi connectivity index (χ3n) is 3.50. The van der Waals surface area contributed by atoms with Gasteiger partial charge in [0.05, 0.1) is 19.0 Å². The molecule has 116 valence electrons. The number of hydrogen-bond acceptors (Lipinski definition) is 3. The van der Waals surface area contributed by atoms with E-state index in [1.54, 1.807) is 25.4 Å². The van der Waals surface area contributed by atoms with Crippen LogP contribution in [0.2, 0.25) is 0 Å². The quantitative estimate of drug-likeness (QED) is 0.788. The van der Waals surface area contributed by atoms with Gasteiger partial charge in [0.2, 0.25) is 5.88 Å². The van der Waals surface area contributed by atoms with Crippen molar-refractivity contribution in [3.8, 4) is 5.88 Å². The SMILES string of the molecule is COc1ccc(NC(=O)C(c2ccccc2)n2cccc2)cn1. The van der Waals surface area contributed by atoms with Crippen LogP contribution < -0.4 is 10.1 Å². The van der Waals surface area contributed by atoms with E-state index < -0.39 is 6.04 Å². The summed E-state index contributed by atoms with van der Waals surface area (Å²) in [5.41, 5.74) is 1.55. The molecular formula is C18H17N3O2. The number of amides is 1. The minimum absolute atomic E-state index is 0.126. The van der Waals surface area contributed by atoms with E-state index in [9.17, 15) is 4.79 Å². The number of benzene rings is 1. The van der Waals surface area contributed by atoms with Gasteiger partial charge in [-0.05, 0) is 23.8 Å². The van der Waals surface area contributed by atoms with Gasteiger partial charge in [0.15, 0.2) is 0 Å². The summed E-state index contributed by atoms with van der Waals surface area (Å²) >= 11 is 0. The lowest BCUT2D eigenvalue weighted by Crippen LogP contribution is -2.26. The van der Waals surface area contributed by atoms with Gasteiger partial charge in [-0.25, -0.2) is 4.98 Å². The van der Waals surface area contributed by atoms with Gasteiger partial charge in [-0.1, -0.05) is 30.3 Å². The van der Waals surface area contributed by atoms with Gasteiger partial charge in [-0.2, -0.15) is 0 Å². The molecule has 5 nitrogen and oxygen atoms in total. The van der Waals surface area contributed by atoms with Crippen molar-refractivity contribution in [2.24, 2.45) is 0 Å². The third kappa shape index (κ3) is 3.40. The van der Waals surface area contributed by atoms with Crippen molar-refractivity contribution in [2.75, 3.05) is 12.4 Å². The molecule has 0 radical (unpaired) electrons. The molecule has 0 bridgehead atoms. The van der Waals surface area contributed by atoms with Gasteiger partial charge in [-0.15, -0.1) is 0 Å². The number of rotatable bonds is 5. The van der Waals surface area contributed by atoms with E-state index in [0.29, 0.717) is 11.6 Å². The molecule has 23 heavy (non-hydrogen) atoms. The third-order valence-corrected chi connectivity index (χ3v) is 3.50. The van der Waals surface area contributed by atoms with Crippen molar-refractivity contribution in [3.05, 3.63) is 78.8 Å². The van der Waals surface area contributed by atoms with Crippen LogP contribution in [0.25, 0.3) is 0 Å². The Hall–Kier alpha value is -3.08. The van der Waals surface area contributed by atoms with Crippen LogP contribution in [0.15, 0.2) is 73.2 Å². The smallest absolute Gasteiger partial charge is 0.252 e. The molecule has 0 aliphatic heterocycles. The molecule has 2 heterocycles. The highest BCUT2D eigenvalue weighted by atomic mass is 16.5. The average molecular weight is 307 g/mol. The number of nitrogens with one attached hydrogen (secondary N) is 1. The van der Waals surface area contributed by atoms with Crippen molar-refractivity contribution in [3.63, 3.8) is 0 Å². The molecule has 3 aromatic rings. The summed E-state index contributed by atoms with van der Waals surface area (Å²) in [6.45, 7) is 0. The highest BCUT2D eigenvalue weighted by molar-refractivity contribution is 5.95. The summed E-state index contributed by atoms with van der Waals surface area (Å²) in [6.07, 6.45) is 5.33.